The topological polar surface area (TPSA) is 16.4 Å². The Morgan fingerprint density at radius 1 is 0.420 bits per heavy atom. The van der Waals surface area contributed by atoms with Crippen LogP contribution in [0.3, 0.4) is 0 Å². The Labute approximate surface area is 295 Å². The van der Waals surface area contributed by atoms with Crippen LogP contribution in [0.4, 0.5) is 17.1 Å². The molecule has 0 saturated heterocycles. The summed E-state index contributed by atoms with van der Waals surface area (Å²) in [6, 6.07) is 59.2. The van der Waals surface area contributed by atoms with E-state index in [0.29, 0.717) is 0 Å². The molecule has 0 aliphatic heterocycles. The molecule has 0 amide bonds. The van der Waals surface area contributed by atoms with Crippen molar-refractivity contribution in [1.82, 2.24) is 0 Å². The zero-order valence-electron chi connectivity index (χ0n) is 26.8. The third-order valence-electron chi connectivity index (χ3n) is 10.0. The van der Waals surface area contributed by atoms with Gasteiger partial charge in [-0.2, -0.15) is 0 Å². The lowest BCUT2D eigenvalue weighted by Gasteiger charge is -2.27. The molecule has 0 unspecified atom stereocenters. The summed E-state index contributed by atoms with van der Waals surface area (Å²) in [7, 11) is 0. The number of rotatable bonds is 4. The van der Waals surface area contributed by atoms with Gasteiger partial charge in [0.25, 0.3) is 0 Å². The minimum absolute atomic E-state index is 0.927. The van der Waals surface area contributed by atoms with E-state index < -0.39 is 0 Å². The van der Waals surface area contributed by atoms with Crippen molar-refractivity contribution in [2.24, 2.45) is 0 Å². The molecule has 0 N–H and O–H groups in total. The third kappa shape index (κ3) is 4.07. The first-order chi connectivity index (χ1) is 24.8. The van der Waals surface area contributed by atoms with E-state index in [1.807, 2.05) is 22.7 Å². The van der Waals surface area contributed by atoms with Gasteiger partial charge in [-0.1, -0.05) is 103 Å². The van der Waals surface area contributed by atoms with E-state index in [2.05, 4.69) is 169 Å². The largest absolute Gasteiger partial charge is 0.455 e. The Balaban J connectivity index is 1.20. The van der Waals surface area contributed by atoms with Crippen molar-refractivity contribution < 1.29 is 4.42 Å². The first-order valence-electron chi connectivity index (χ1n) is 16.8. The zero-order valence-corrected chi connectivity index (χ0v) is 28.4. The molecule has 0 bridgehead atoms. The highest BCUT2D eigenvalue weighted by molar-refractivity contribution is 7.27. The molecule has 0 radical (unpaired) electrons. The van der Waals surface area contributed by atoms with Gasteiger partial charge in [-0.25, -0.2) is 0 Å². The number of benzene rings is 8. The van der Waals surface area contributed by atoms with Crippen LogP contribution >= 0.6 is 22.7 Å². The molecule has 3 aromatic heterocycles. The van der Waals surface area contributed by atoms with E-state index >= 15 is 0 Å². The van der Waals surface area contributed by atoms with E-state index in [4.69, 9.17) is 4.42 Å². The van der Waals surface area contributed by atoms with Crippen LogP contribution in [0.25, 0.3) is 84.2 Å². The van der Waals surface area contributed by atoms with Crippen LogP contribution in [-0.2, 0) is 0 Å². The number of hydrogen-bond donors (Lipinski definition) is 0. The van der Waals surface area contributed by atoms with Crippen molar-refractivity contribution in [2.45, 2.75) is 0 Å². The lowest BCUT2D eigenvalue weighted by Crippen LogP contribution is -2.10. The quantitative estimate of drug-likeness (QED) is 0.185. The molecule has 234 valence electrons. The van der Waals surface area contributed by atoms with Crippen LogP contribution in [0.5, 0.6) is 0 Å². The molecule has 11 aromatic rings. The summed E-state index contributed by atoms with van der Waals surface area (Å²) in [5, 5.41) is 10.0. The van der Waals surface area contributed by atoms with Crippen LogP contribution in [0.2, 0.25) is 0 Å². The van der Waals surface area contributed by atoms with Gasteiger partial charge in [-0.15, -0.1) is 22.7 Å². The van der Waals surface area contributed by atoms with E-state index in [1.165, 1.54) is 73.1 Å². The number of nitrogens with zero attached hydrogens (tertiary/aromatic N) is 1. The summed E-state index contributed by atoms with van der Waals surface area (Å²) in [6.45, 7) is 0. The smallest absolute Gasteiger partial charge is 0.144 e. The molecule has 11 rings (SSSR count). The molecule has 0 fully saturated rings. The summed E-state index contributed by atoms with van der Waals surface area (Å²) in [4.78, 5) is 2.39. The van der Waals surface area contributed by atoms with Crippen molar-refractivity contribution in [3.8, 4) is 11.1 Å². The number of anilines is 3. The molecule has 3 heterocycles. The molecule has 0 saturated carbocycles. The van der Waals surface area contributed by atoms with Crippen molar-refractivity contribution in [2.75, 3.05) is 4.90 Å². The van der Waals surface area contributed by atoms with Crippen molar-refractivity contribution in [3.05, 3.63) is 164 Å². The van der Waals surface area contributed by atoms with E-state index in [9.17, 15) is 0 Å². The van der Waals surface area contributed by atoms with Gasteiger partial charge in [0.15, 0.2) is 0 Å². The normalized spacial score (nSPS) is 12.0. The van der Waals surface area contributed by atoms with Crippen molar-refractivity contribution in [3.63, 3.8) is 0 Å². The molecular weight excluding hydrogens is 647 g/mol. The second-order valence-electron chi connectivity index (χ2n) is 12.8. The van der Waals surface area contributed by atoms with Crippen molar-refractivity contribution >= 4 is 113 Å². The first kappa shape index (κ1) is 28.0. The minimum Gasteiger partial charge on any atom is -0.455 e. The Morgan fingerprint density at radius 2 is 1.06 bits per heavy atom. The maximum absolute atomic E-state index is 6.72. The van der Waals surface area contributed by atoms with Gasteiger partial charge in [-0.3, -0.25) is 0 Å². The fraction of sp³-hybridized carbons (Fsp3) is 0. The standard InChI is InChI=1S/C46H27NOS2/c1-3-13-29(14-4-1)47(30-15-5-2-6-16-30)38-27-42-43(33-19-8-7-17-31(33)38)37-25-28(23-24-41(37)49-42)35-26-36-32-18-10-12-22-40(32)50-46(36)44-34-20-9-11-21-39(34)48-45(35)44/h1-27H. The second kappa shape index (κ2) is 10.8. The second-order valence-corrected chi connectivity index (χ2v) is 15.0. The number of hydrogen-bond acceptors (Lipinski definition) is 4. The number of furan rings is 1. The highest BCUT2D eigenvalue weighted by atomic mass is 32.1. The highest BCUT2D eigenvalue weighted by Gasteiger charge is 2.22. The number of para-hydroxylation sites is 3. The van der Waals surface area contributed by atoms with E-state index in [0.717, 1.165) is 28.1 Å². The average Bonchev–Trinajstić information content (AvgIpc) is 3.86. The monoisotopic (exact) mass is 673 g/mol. The Kier molecular flexibility index (Phi) is 6.03. The number of thiophene rings is 2. The molecular formula is C46H27NOS2. The molecule has 4 heteroatoms. The molecule has 50 heavy (non-hydrogen) atoms. The third-order valence-corrected chi connectivity index (χ3v) is 12.3. The van der Waals surface area contributed by atoms with Gasteiger partial charge in [0, 0.05) is 73.4 Å². The van der Waals surface area contributed by atoms with Crippen LogP contribution < -0.4 is 4.90 Å². The maximum atomic E-state index is 6.72. The van der Waals surface area contributed by atoms with Crippen LogP contribution in [-0.4, -0.2) is 0 Å². The van der Waals surface area contributed by atoms with Crippen molar-refractivity contribution in [1.29, 1.82) is 0 Å². The number of fused-ring (bicyclic) bond motifs is 12. The van der Waals surface area contributed by atoms with Gasteiger partial charge >= 0.3 is 0 Å². The van der Waals surface area contributed by atoms with Crippen LogP contribution in [0.15, 0.2) is 168 Å². The predicted molar refractivity (Wildman–Crippen MR) is 217 cm³/mol. The average molecular weight is 674 g/mol. The zero-order chi connectivity index (χ0) is 32.8. The molecule has 0 spiro atoms. The van der Waals surface area contributed by atoms with Gasteiger partial charge in [0.1, 0.15) is 11.2 Å². The van der Waals surface area contributed by atoms with Gasteiger partial charge < -0.3 is 9.32 Å². The van der Waals surface area contributed by atoms with E-state index in [-0.39, 0.29) is 0 Å². The maximum Gasteiger partial charge on any atom is 0.144 e. The SMILES string of the molecule is c1ccc(N(c2ccccc2)c2cc3sc4ccc(-c5cc6c7ccccc7sc6c6c5oc5ccccc56)cc4c3c3ccccc23)cc1. The lowest BCUT2D eigenvalue weighted by atomic mass is 9.96. The Morgan fingerprint density at radius 3 is 1.84 bits per heavy atom. The molecule has 8 aromatic carbocycles. The fourth-order valence-electron chi connectivity index (χ4n) is 7.84. The summed E-state index contributed by atoms with van der Waals surface area (Å²) < 4.78 is 11.9. The molecule has 0 atom stereocenters. The Hall–Kier alpha value is -5.94. The Bertz CT molecular complexity index is 3060. The van der Waals surface area contributed by atoms with E-state index in [1.54, 1.807) is 0 Å². The van der Waals surface area contributed by atoms with Gasteiger partial charge in [-0.05, 0) is 71.6 Å². The van der Waals surface area contributed by atoms with Gasteiger partial charge in [0.05, 0.1) is 5.69 Å². The first-order valence-corrected chi connectivity index (χ1v) is 18.5. The van der Waals surface area contributed by atoms with Crippen LogP contribution in [0, 0.1) is 0 Å². The summed E-state index contributed by atoms with van der Waals surface area (Å²) in [5.74, 6) is 0. The minimum atomic E-state index is 0.927. The molecule has 2 nitrogen and oxygen atoms in total. The molecule has 0 aliphatic rings. The summed E-state index contributed by atoms with van der Waals surface area (Å²) in [6.07, 6.45) is 0. The van der Waals surface area contributed by atoms with Gasteiger partial charge in [0.2, 0.25) is 0 Å². The fourth-order valence-corrected chi connectivity index (χ4v) is 10.2. The highest BCUT2D eigenvalue weighted by Crippen LogP contribution is 2.49. The summed E-state index contributed by atoms with van der Waals surface area (Å²) >= 11 is 3.73. The van der Waals surface area contributed by atoms with Crippen LogP contribution in [0.1, 0.15) is 0 Å². The predicted octanol–water partition coefficient (Wildman–Crippen LogP) is 14.6. The lowest BCUT2D eigenvalue weighted by molar-refractivity contribution is 0.670. The summed E-state index contributed by atoms with van der Waals surface area (Å²) in [5.41, 5.74) is 7.63. The molecule has 0 aliphatic carbocycles.